The largest absolute Gasteiger partial charge is 0.457 e. The molecule has 1 aliphatic rings. The minimum absolute atomic E-state index is 0.0170. The van der Waals surface area contributed by atoms with E-state index in [1.165, 1.54) is 35.2 Å². The lowest BCUT2D eigenvalue weighted by Gasteiger charge is -2.10. The molecule has 1 aromatic carbocycles. The summed E-state index contributed by atoms with van der Waals surface area (Å²) in [6, 6.07) is 9.62. The van der Waals surface area contributed by atoms with Crippen molar-refractivity contribution in [3.63, 3.8) is 0 Å². The van der Waals surface area contributed by atoms with Crippen LogP contribution in [0.25, 0.3) is 17.4 Å². The maximum absolute atomic E-state index is 12.7. The molecule has 1 fully saturated rings. The molecule has 3 aromatic rings. The van der Waals surface area contributed by atoms with Crippen molar-refractivity contribution in [1.29, 1.82) is 0 Å². The highest BCUT2D eigenvalue weighted by molar-refractivity contribution is 8.18. The van der Waals surface area contributed by atoms with Gasteiger partial charge in [0.2, 0.25) is 5.13 Å². The maximum atomic E-state index is 12.7. The summed E-state index contributed by atoms with van der Waals surface area (Å²) in [4.78, 5) is 29.8. The average Bonchev–Trinajstić information content (AvgIpc) is 3.43. The van der Waals surface area contributed by atoms with E-state index in [-0.39, 0.29) is 11.6 Å². The molecule has 3 heterocycles. The first kappa shape index (κ1) is 20.0. The summed E-state index contributed by atoms with van der Waals surface area (Å²) < 4.78 is 5.80. The van der Waals surface area contributed by atoms with Crippen molar-refractivity contribution in [3.8, 4) is 11.3 Å². The van der Waals surface area contributed by atoms with Gasteiger partial charge in [0.15, 0.2) is 5.17 Å². The van der Waals surface area contributed by atoms with Crippen molar-refractivity contribution in [3.05, 3.63) is 62.2 Å². The van der Waals surface area contributed by atoms with Crippen molar-refractivity contribution in [2.45, 2.75) is 13.8 Å². The van der Waals surface area contributed by atoms with Crippen LogP contribution in [0.15, 0.2) is 50.7 Å². The monoisotopic (exact) mass is 441 g/mol. The molecule has 11 heteroatoms. The summed E-state index contributed by atoms with van der Waals surface area (Å²) in [5.41, 5.74) is 0.569. The fraction of sp³-hybridized carbons (Fsp3) is 0.158. The van der Waals surface area contributed by atoms with Crippen LogP contribution in [0.5, 0.6) is 0 Å². The van der Waals surface area contributed by atoms with Crippen molar-refractivity contribution < 1.29 is 14.1 Å². The molecule has 0 aliphatic carbocycles. The van der Waals surface area contributed by atoms with Gasteiger partial charge in [-0.3, -0.25) is 19.8 Å². The zero-order valence-corrected chi connectivity index (χ0v) is 17.6. The number of carbonyl (C=O) groups excluding carboxylic acids is 1. The first-order chi connectivity index (χ1) is 14.4. The van der Waals surface area contributed by atoms with Crippen molar-refractivity contribution in [2.24, 2.45) is 4.99 Å². The number of aliphatic imine (C=N–C) groups is 1. The number of hydrogen-bond donors (Lipinski definition) is 0. The number of thioether (sulfide) groups is 1. The summed E-state index contributed by atoms with van der Waals surface area (Å²) in [7, 11) is 0. The summed E-state index contributed by atoms with van der Waals surface area (Å²) in [5, 5.41) is 20.7. The van der Waals surface area contributed by atoms with E-state index in [1.807, 2.05) is 13.8 Å². The second-order valence-electron chi connectivity index (χ2n) is 6.17. The lowest BCUT2D eigenvalue weighted by atomic mass is 10.1. The highest BCUT2D eigenvalue weighted by atomic mass is 32.2. The number of rotatable bonds is 5. The summed E-state index contributed by atoms with van der Waals surface area (Å²) in [5.74, 6) is 0.777. The summed E-state index contributed by atoms with van der Waals surface area (Å²) >= 11 is 2.59. The normalized spacial score (nSPS) is 16.7. The average molecular weight is 441 g/mol. The third-order valence-electron chi connectivity index (χ3n) is 4.15. The molecule has 0 unspecified atom stereocenters. The molecule has 1 saturated heterocycles. The van der Waals surface area contributed by atoms with E-state index in [9.17, 15) is 14.9 Å². The minimum atomic E-state index is -0.456. The van der Waals surface area contributed by atoms with Gasteiger partial charge in [-0.05, 0) is 37.7 Å². The van der Waals surface area contributed by atoms with Gasteiger partial charge in [-0.1, -0.05) is 23.5 Å². The number of amides is 1. The molecule has 0 radical (unpaired) electrons. The Labute approximate surface area is 179 Å². The van der Waals surface area contributed by atoms with E-state index in [0.29, 0.717) is 38.8 Å². The van der Waals surface area contributed by atoms with Gasteiger partial charge in [0.05, 0.1) is 9.83 Å². The van der Waals surface area contributed by atoms with Gasteiger partial charge < -0.3 is 4.42 Å². The van der Waals surface area contributed by atoms with Crippen LogP contribution >= 0.6 is 23.1 Å². The Balaban J connectivity index is 1.61. The fourth-order valence-corrected chi connectivity index (χ4v) is 4.41. The van der Waals surface area contributed by atoms with E-state index in [1.54, 1.807) is 35.2 Å². The molecule has 0 bridgehead atoms. The number of nitro benzene ring substituents is 1. The lowest BCUT2D eigenvalue weighted by Crippen LogP contribution is -2.28. The number of nitro groups is 1. The predicted octanol–water partition coefficient (Wildman–Crippen LogP) is 4.64. The molecule has 152 valence electrons. The molecule has 0 N–H and O–H groups in total. The Hall–Kier alpha value is -3.31. The van der Waals surface area contributed by atoms with Crippen LogP contribution in [0.3, 0.4) is 0 Å². The molecule has 30 heavy (non-hydrogen) atoms. The first-order valence-electron chi connectivity index (χ1n) is 8.89. The smallest absolute Gasteiger partial charge is 0.270 e. The number of benzene rings is 1. The second kappa shape index (κ2) is 8.20. The Morgan fingerprint density at radius 2 is 2.13 bits per heavy atom. The first-order valence-corrected chi connectivity index (χ1v) is 10.5. The van der Waals surface area contributed by atoms with Crippen molar-refractivity contribution in [2.75, 3.05) is 6.54 Å². The summed E-state index contributed by atoms with van der Waals surface area (Å²) in [6.07, 6.45) is 1.64. The zero-order valence-electron chi connectivity index (χ0n) is 15.9. The van der Waals surface area contributed by atoms with Gasteiger partial charge in [-0.15, -0.1) is 10.2 Å². The molecule has 9 nitrogen and oxygen atoms in total. The van der Waals surface area contributed by atoms with Crippen LogP contribution in [0.2, 0.25) is 0 Å². The van der Waals surface area contributed by atoms with Crippen LogP contribution in [-0.4, -0.2) is 37.6 Å². The molecule has 4 rings (SSSR count). The standard InChI is InChI=1S/C19H15N5O4S2/c1-3-23-17(25)16(30-19(23)20-18-22-21-11(2)29-18)10-14-7-8-15(28-14)12-5-4-6-13(9-12)24(26)27/h4-10H,3H2,1-2H3/b16-10+,20-19+. The summed E-state index contributed by atoms with van der Waals surface area (Å²) in [6.45, 7) is 4.18. The number of non-ortho nitro benzene ring substituents is 1. The molecule has 1 aliphatic heterocycles. The van der Waals surface area contributed by atoms with Crippen LogP contribution in [-0.2, 0) is 4.79 Å². The van der Waals surface area contributed by atoms with Gasteiger partial charge in [0.1, 0.15) is 16.5 Å². The molecular formula is C19H15N5O4S2. The van der Waals surface area contributed by atoms with Crippen molar-refractivity contribution in [1.82, 2.24) is 15.1 Å². The van der Waals surface area contributed by atoms with Crippen LogP contribution in [0.1, 0.15) is 17.7 Å². The van der Waals surface area contributed by atoms with Crippen LogP contribution in [0, 0.1) is 17.0 Å². The Morgan fingerprint density at radius 3 is 2.83 bits per heavy atom. The minimum Gasteiger partial charge on any atom is -0.457 e. The highest BCUT2D eigenvalue weighted by Gasteiger charge is 2.33. The topological polar surface area (TPSA) is 115 Å². The third kappa shape index (κ3) is 4.02. The Kier molecular flexibility index (Phi) is 5.46. The van der Waals surface area contributed by atoms with E-state index < -0.39 is 4.92 Å². The third-order valence-corrected chi connectivity index (χ3v) is 5.89. The second-order valence-corrected chi connectivity index (χ2v) is 8.34. The number of likely N-dealkylation sites (N-methyl/N-ethyl adjacent to an activating group) is 1. The Bertz CT molecular complexity index is 1200. The number of nitrogens with zero attached hydrogens (tertiary/aromatic N) is 5. The number of furan rings is 1. The van der Waals surface area contributed by atoms with Gasteiger partial charge in [0.25, 0.3) is 11.6 Å². The molecule has 0 spiro atoms. The van der Waals surface area contributed by atoms with Crippen LogP contribution < -0.4 is 0 Å². The van der Waals surface area contributed by atoms with E-state index in [0.717, 1.165) is 5.01 Å². The number of aromatic nitrogens is 2. The molecule has 0 saturated carbocycles. The maximum Gasteiger partial charge on any atom is 0.270 e. The highest BCUT2D eigenvalue weighted by Crippen LogP contribution is 2.35. The number of aryl methyl sites for hydroxylation is 1. The van der Waals surface area contributed by atoms with E-state index >= 15 is 0 Å². The zero-order chi connectivity index (χ0) is 21.3. The molecule has 2 aromatic heterocycles. The lowest BCUT2D eigenvalue weighted by molar-refractivity contribution is -0.384. The molecular weight excluding hydrogens is 426 g/mol. The van der Waals surface area contributed by atoms with Gasteiger partial charge >= 0.3 is 0 Å². The Morgan fingerprint density at radius 1 is 1.30 bits per heavy atom. The number of carbonyl (C=O) groups is 1. The van der Waals surface area contributed by atoms with Crippen molar-refractivity contribution >= 4 is 51.1 Å². The quantitative estimate of drug-likeness (QED) is 0.322. The SMILES string of the molecule is CCN1C(=O)/C(=C\c2ccc(-c3cccc([N+](=O)[O-])c3)o2)S/C1=N/c1nnc(C)s1. The van der Waals surface area contributed by atoms with Gasteiger partial charge in [-0.2, -0.15) is 4.99 Å². The molecule has 1 amide bonds. The fourth-order valence-electron chi connectivity index (χ4n) is 2.77. The van der Waals surface area contributed by atoms with E-state index in [2.05, 4.69) is 15.2 Å². The van der Waals surface area contributed by atoms with Gasteiger partial charge in [0, 0.05) is 30.3 Å². The van der Waals surface area contributed by atoms with Crippen LogP contribution in [0.4, 0.5) is 10.8 Å². The van der Waals surface area contributed by atoms with E-state index in [4.69, 9.17) is 4.42 Å². The number of amidine groups is 1. The molecule has 0 atom stereocenters. The number of hydrogen-bond acceptors (Lipinski definition) is 9. The predicted molar refractivity (Wildman–Crippen MR) is 115 cm³/mol. The van der Waals surface area contributed by atoms with Gasteiger partial charge in [-0.25, -0.2) is 0 Å².